The Balaban J connectivity index is 1.98. The molecule has 2 aromatic rings. The highest BCUT2D eigenvalue weighted by Gasteiger charge is 2.30. The van der Waals surface area contributed by atoms with Gasteiger partial charge in [0.1, 0.15) is 5.75 Å². The summed E-state index contributed by atoms with van der Waals surface area (Å²) in [6.45, 7) is 0. The third kappa shape index (κ3) is 6.55. The topological polar surface area (TPSA) is 46.5 Å². The highest BCUT2D eigenvalue weighted by molar-refractivity contribution is 5.80. The van der Waals surface area contributed by atoms with Crippen LogP contribution in [0.1, 0.15) is 5.56 Å². The molecule has 0 aromatic heterocycles. The zero-order valence-electron chi connectivity index (χ0n) is 13.0. The van der Waals surface area contributed by atoms with Crippen molar-refractivity contribution in [3.63, 3.8) is 0 Å². The van der Waals surface area contributed by atoms with E-state index in [0.29, 0.717) is 6.42 Å². The third-order valence-electron chi connectivity index (χ3n) is 3.21. The molecule has 0 fully saturated rings. The molecule has 0 saturated carbocycles. The van der Waals surface area contributed by atoms with Crippen LogP contribution in [0.25, 0.3) is 11.1 Å². The summed E-state index contributed by atoms with van der Waals surface area (Å²) in [5, 5.41) is 8.46. The quantitative estimate of drug-likeness (QED) is 0.591. The Morgan fingerprint density at radius 1 is 0.960 bits per heavy atom. The Hall–Kier alpha value is -3.02. The standard InChI is InChI=1S/C19H15F3O3/c20-19(21,22)25-17-12-10-16(11-13-17)15-8-6-14(7-9-15)4-2-1-3-5-18(23)24/h1-3,5-13H,4H2,(H,23,24). The maximum Gasteiger partial charge on any atom is 0.573 e. The van der Waals surface area contributed by atoms with Gasteiger partial charge in [-0.3, -0.25) is 0 Å². The molecular weight excluding hydrogens is 333 g/mol. The first kappa shape index (κ1) is 18.3. The Bertz CT molecular complexity index is 758. The minimum Gasteiger partial charge on any atom is -0.478 e. The van der Waals surface area contributed by atoms with Crippen molar-refractivity contribution in [2.75, 3.05) is 0 Å². The van der Waals surface area contributed by atoms with Crippen molar-refractivity contribution in [1.29, 1.82) is 0 Å². The molecule has 130 valence electrons. The normalized spacial score (nSPS) is 12.0. The molecule has 0 heterocycles. The molecule has 6 heteroatoms. The van der Waals surface area contributed by atoms with Crippen LogP contribution in [0.15, 0.2) is 72.8 Å². The molecule has 3 nitrogen and oxygen atoms in total. The van der Waals surface area contributed by atoms with Gasteiger partial charge in [0.15, 0.2) is 0 Å². The number of carbonyl (C=O) groups is 1. The van der Waals surface area contributed by atoms with Gasteiger partial charge in [0, 0.05) is 6.08 Å². The molecule has 1 N–H and O–H groups in total. The van der Waals surface area contributed by atoms with E-state index in [0.717, 1.165) is 22.8 Å². The van der Waals surface area contributed by atoms with Crippen molar-refractivity contribution in [3.8, 4) is 16.9 Å². The van der Waals surface area contributed by atoms with E-state index in [2.05, 4.69) is 4.74 Å². The number of halogens is 3. The number of carboxylic acid groups (broad SMARTS) is 1. The molecule has 2 rings (SSSR count). The molecule has 0 radical (unpaired) electrons. The Labute approximate surface area is 142 Å². The zero-order chi connectivity index (χ0) is 18.3. The summed E-state index contributed by atoms with van der Waals surface area (Å²) in [6, 6.07) is 13.2. The Kier molecular flexibility index (Phi) is 6.00. The molecule has 0 spiro atoms. The molecule has 0 atom stereocenters. The predicted octanol–water partition coefficient (Wildman–Crippen LogP) is 4.99. The molecular formula is C19H15F3O3. The van der Waals surface area contributed by atoms with Crippen LogP contribution in [-0.4, -0.2) is 17.4 Å². The summed E-state index contributed by atoms with van der Waals surface area (Å²) in [4.78, 5) is 10.3. The number of ether oxygens (including phenoxy) is 1. The molecule has 0 aliphatic carbocycles. The van der Waals surface area contributed by atoms with Crippen molar-refractivity contribution in [2.24, 2.45) is 0 Å². The van der Waals surface area contributed by atoms with Crippen molar-refractivity contribution < 1.29 is 27.8 Å². The largest absolute Gasteiger partial charge is 0.573 e. The number of rotatable bonds is 6. The van der Waals surface area contributed by atoms with Gasteiger partial charge in [-0.25, -0.2) is 4.79 Å². The van der Waals surface area contributed by atoms with E-state index in [9.17, 15) is 18.0 Å². The van der Waals surface area contributed by atoms with E-state index in [-0.39, 0.29) is 5.75 Å². The predicted molar refractivity (Wildman–Crippen MR) is 88.2 cm³/mol. The third-order valence-corrected chi connectivity index (χ3v) is 3.21. The Morgan fingerprint density at radius 3 is 2.04 bits per heavy atom. The van der Waals surface area contributed by atoms with Gasteiger partial charge >= 0.3 is 12.3 Å². The van der Waals surface area contributed by atoms with Crippen molar-refractivity contribution in [1.82, 2.24) is 0 Å². The number of carboxylic acids is 1. The van der Waals surface area contributed by atoms with Crippen LogP contribution in [0.3, 0.4) is 0 Å². The fraction of sp³-hybridized carbons (Fsp3) is 0.105. The van der Waals surface area contributed by atoms with E-state index >= 15 is 0 Å². The lowest BCUT2D eigenvalue weighted by Crippen LogP contribution is -2.16. The molecule has 25 heavy (non-hydrogen) atoms. The summed E-state index contributed by atoms with van der Waals surface area (Å²) in [6.07, 6.45) is 1.92. The fourth-order valence-electron chi connectivity index (χ4n) is 2.10. The van der Waals surface area contributed by atoms with Gasteiger partial charge in [0.2, 0.25) is 0 Å². The lowest BCUT2D eigenvalue weighted by molar-refractivity contribution is -0.274. The van der Waals surface area contributed by atoms with Gasteiger partial charge in [-0.05, 0) is 35.2 Å². The van der Waals surface area contributed by atoms with Crippen molar-refractivity contribution in [2.45, 2.75) is 12.8 Å². The number of hydrogen-bond donors (Lipinski definition) is 1. The minimum absolute atomic E-state index is 0.257. The molecule has 0 aliphatic heterocycles. The van der Waals surface area contributed by atoms with Gasteiger partial charge in [0.25, 0.3) is 0 Å². The van der Waals surface area contributed by atoms with E-state index in [1.807, 2.05) is 30.3 Å². The van der Waals surface area contributed by atoms with Gasteiger partial charge < -0.3 is 9.84 Å². The van der Waals surface area contributed by atoms with E-state index < -0.39 is 12.3 Å². The van der Waals surface area contributed by atoms with Crippen molar-refractivity contribution in [3.05, 3.63) is 78.4 Å². The van der Waals surface area contributed by atoms with Gasteiger partial charge in [0.05, 0.1) is 0 Å². The number of hydrogen-bond acceptors (Lipinski definition) is 2. The van der Waals surface area contributed by atoms with E-state index in [1.165, 1.54) is 18.2 Å². The van der Waals surface area contributed by atoms with Gasteiger partial charge in [-0.1, -0.05) is 54.6 Å². The van der Waals surface area contributed by atoms with Crippen LogP contribution < -0.4 is 4.74 Å². The molecule has 0 bridgehead atoms. The summed E-state index contributed by atoms with van der Waals surface area (Å²) in [5.41, 5.74) is 2.68. The highest BCUT2D eigenvalue weighted by Crippen LogP contribution is 2.26. The summed E-state index contributed by atoms with van der Waals surface area (Å²) < 4.78 is 40.3. The van der Waals surface area contributed by atoms with Crippen LogP contribution in [0, 0.1) is 0 Å². The first-order chi connectivity index (χ1) is 11.8. The van der Waals surface area contributed by atoms with E-state index in [4.69, 9.17) is 5.11 Å². The Morgan fingerprint density at radius 2 is 1.52 bits per heavy atom. The zero-order valence-corrected chi connectivity index (χ0v) is 13.0. The van der Waals surface area contributed by atoms with Gasteiger partial charge in [-0.15, -0.1) is 13.2 Å². The highest BCUT2D eigenvalue weighted by atomic mass is 19.4. The van der Waals surface area contributed by atoms with Gasteiger partial charge in [-0.2, -0.15) is 0 Å². The fourth-order valence-corrected chi connectivity index (χ4v) is 2.10. The first-order valence-electron chi connectivity index (χ1n) is 7.35. The average molecular weight is 348 g/mol. The maximum atomic E-state index is 12.1. The summed E-state index contributed by atoms with van der Waals surface area (Å²) in [7, 11) is 0. The maximum absolute atomic E-state index is 12.1. The second-order valence-electron chi connectivity index (χ2n) is 5.10. The minimum atomic E-state index is -4.70. The smallest absolute Gasteiger partial charge is 0.478 e. The summed E-state index contributed by atoms with van der Waals surface area (Å²) in [5.74, 6) is -1.26. The summed E-state index contributed by atoms with van der Waals surface area (Å²) >= 11 is 0. The number of alkyl halides is 3. The van der Waals surface area contributed by atoms with E-state index in [1.54, 1.807) is 18.2 Å². The van der Waals surface area contributed by atoms with Crippen LogP contribution >= 0.6 is 0 Å². The lowest BCUT2D eigenvalue weighted by Gasteiger charge is -2.09. The molecule has 0 saturated heterocycles. The van der Waals surface area contributed by atoms with Crippen LogP contribution in [-0.2, 0) is 11.2 Å². The molecule has 2 aromatic carbocycles. The first-order valence-corrected chi connectivity index (χ1v) is 7.35. The second kappa shape index (κ2) is 8.19. The lowest BCUT2D eigenvalue weighted by atomic mass is 10.0. The van der Waals surface area contributed by atoms with Crippen LogP contribution in [0.2, 0.25) is 0 Å². The van der Waals surface area contributed by atoms with Crippen LogP contribution in [0.4, 0.5) is 13.2 Å². The number of benzene rings is 2. The van der Waals surface area contributed by atoms with Crippen LogP contribution in [0.5, 0.6) is 5.75 Å². The monoisotopic (exact) mass is 348 g/mol. The number of aliphatic carboxylic acids is 1. The second-order valence-corrected chi connectivity index (χ2v) is 5.10. The molecule has 0 aliphatic rings. The molecule has 0 unspecified atom stereocenters. The SMILES string of the molecule is O=C(O)C=CC=CCc1ccc(-c2ccc(OC(F)(F)F)cc2)cc1. The molecule has 0 amide bonds. The average Bonchev–Trinajstić information content (AvgIpc) is 2.54. The van der Waals surface area contributed by atoms with Crippen molar-refractivity contribution >= 4 is 5.97 Å². The number of allylic oxidation sites excluding steroid dienone is 3.